The topological polar surface area (TPSA) is 50.4 Å². The molecule has 2 unspecified atom stereocenters. The second kappa shape index (κ2) is 7.45. The van der Waals surface area contributed by atoms with E-state index in [4.69, 9.17) is 11.2 Å². The Kier molecular flexibility index (Phi) is 5.91. The van der Waals surface area contributed by atoms with E-state index in [2.05, 4.69) is 16.6 Å². The van der Waals surface area contributed by atoms with E-state index in [0.29, 0.717) is 0 Å². The molecular weight excluding hydrogens is 240 g/mol. The van der Waals surface area contributed by atoms with Gasteiger partial charge in [0, 0.05) is 6.04 Å². The van der Waals surface area contributed by atoms with E-state index in [-0.39, 0.29) is 24.5 Å². The molecule has 2 atom stereocenters. The third-order valence-electron chi connectivity index (χ3n) is 2.87. The smallest absolute Gasteiger partial charge is 0.237 e. The van der Waals surface area contributed by atoms with Crippen molar-refractivity contribution in [1.82, 2.24) is 10.6 Å². The van der Waals surface area contributed by atoms with Crippen molar-refractivity contribution in [3.8, 4) is 18.1 Å². The van der Waals surface area contributed by atoms with Gasteiger partial charge in [0.25, 0.3) is 0 Å². The first-order chi connectivity index (χ1) is 9.08. The van der Waals surface area contributed by atoms with Crippen molar-refractivity contribution in [2.75, 3.05) is 13.7 Å². The minimum atomic E-state index is -0.301. The minimum absolute atomic E-state index is 0.0671. The summed E-state index contributed by atoms with van der Waals surface area (Å²) in [6, 6.07) is 7.51. The zero-order valence-corrected chi connectivity index (χ0v) is 11.6. The molecule has 0 fully saturated rings. The Morgan fingerprint density at radius 1 is 1.37 bits per heavy atom. The molecule has 4 heteroatoms. The van der Waals surface area contributed by atoms with Crippen LogP contribution in [0.25, 0.3) is 0 Å². The molecule has 102 valence electrons. The van der Waals surface area contributed by atoms with Crippen molar-refractivity contribution in [2.45, 2.75) is 25.9 Å². The molecule has 0 radical (unpaired) electrons. The Labute approximate surface area is 114 Å². The second-order valence-corrected chi connectivity index (χ2v) is 4.31. The highest BCUT2D eigenvalue weighted by atomic mass is 16.5. The Bertz CT molecular complexity index is 448. The van der Waals surface area contributed by atoms with Crippen LogP contribution in [0.3, 0.4) is 0 Å². The van der Waals surface area contributed by atoms with Gasteiger partial charge in [-0.3, -0.25) is 10.1 Å². The van der Waals surface area contributed by atoms with Gasteiger partial charge in [0.1, 0.15) is 5.75 Å². The first kappa shape index (κ1) is 15.1. The first-order valence-corrected chi connectivity index (χ1v) is 6.19. The molecule has 0 saturated heterocycles. The molecule has 0 saturated carbocycles. The molecule has 0 spiro atoms. The molecular formula is C15H20N2O2. The highest BCUT2D eigenvalue weighted by Gasteiger charge is 2.15. The monoisotopic (exact) mass is 260 g/mol. The molecule has 1 aromatic carbocycles. The van der Waals surface area contributed by atoms with Gasteiger partial charge in [0.2, 0.25) is 5.91 Å². The summed E-state index contributed by atoms with van der Waals surface area (Å²) in [5.74, 6) is 3.09. The molecule has 0 aromatic heterocycles. The van der Waals surface area contributed by atoms with Crippen LogP contribution in [0, 0.1) is 12.3 Å². The number of terminal acetylenes is 1. The number of ether oxygens (including phenoxy) is 1. The van der Waals surface area contributed by atoms with Gasteiger partial charge in [0.05, 0.1) is 19.7 Å². The SMILES string of the molecule is C#CCNC(=O)C(C)NC(C)c1ccc(OC)cc1. The summed E-state index contributed by atoms with van der Waals surface area (Å²) in [5.41, 5.74) is 1.09. The van der Waals surface area contributed by atoms with Crippen molar-refractivity contribution >= 4 is 5.91 Å². The normalized spacial score (nSPS) is 13.2. The van der Waals surface area contributed by atoms with E-state index in [1.165, 1.54) is 0 Å². The third kappa shape index (κ3) is 4.65. The largest absolute Gasteiger partial charge is 0.497 e. The Balaban J connectivity index is 2.55. The quantitative estimate of drug-likeness (QED) is 0.762. The van der Waals surface area contributed by atoms with Crippen LogP contribution >= 0.6 is 0 Å². The minimum Gasteiger partial charge on any atom is -0.497 e. The number of hydrogen-bond donors (Lipinski definition) is 2. The van der Waals surface area contributed by atoms with Crippen molar-refractivity contribution in [3.63, 3.8) is 0 Å². The van der Waals surface area contributed by atoms with Gasteiger partial charge in [0.15, 0.2) is 0 Å². The van der Waals surface area contributed by atoms with Crippen molar-refractivity contribution < 1.29 is 9.53 Å². The molecule has 1 rings (SSSR count). The number of nitrogens with one attached hydrogen (secondary N) is 2. The van der Waals surface area contributed by atoms with Gasteiger partial charge in [-0.2, -0.15) is 0 Å². The fourth-order valence-corrected chi connectivity index (χ4v) is 1.73. The first-order valence-electron chi connectivity index (χ1n) is 6.19. The number of benzene rings is 1. The Hall–Kier alpha value is -1.99. The van der Waals surface area contributed by atoms with Gasteiger partial charge in [-0.25, -0.2) is 0 Å². The average Bonchev–Trinajstić information content (AvgIpc) is 2.44. The van der Waals surface area contributed by atoms with Gasteiger partial charge in [-0.1, -0.05) is 18.1 Å². The molecule has 0 bridgehead atoms. The highest BCUT2D eigenvalue weighted by Crippen LogP contribution is 2.17. The van der Waals surface area contributed by atoms with E-state index in [1.54, 1.807) is 7.11 Å². The average molecular weight is 260 g/mol. The summed E-state index contributed by atoms with van der Waals surface area (Å²) in [6.07, 6.45) is 5.10. The van der Waals surface area contributed by atoms with Crippen molar-refractivity contribution in [3.05, 3.63) is 29.8 Å². The number of carbonyl (C=O) groups excluding carboxylic acids is 1. The summed E-state index contributed by atoms with van der Waals surface area (Å²) in [4.78, 5) is 11.7. The Morgan fingerprint density at radius 3 is 2.53 bits per heavy atom. The summed E-state index contributed by atoms with van der Waals surface area (Å²) in [5, 5.41) is 5.87. The van der Waals surface area contributed by atoms with Gasteiger partial charge in [-0.15, -0.1) is 6.42 Å². The van der Waals surface area contributed by atoms with Gasteiger partial charge in [-0.05, 0) is 31.5 Å². The molecule has 4 nitrogen and oxygen atoms in total. The van der Waals surface area contributed by atoms with E-state index in [1.807, 2.05) is 38.1 Å². The van der Waals surface area contributed by atoms with E-state index in [9.17, 15) is 4.79 Å². The molecule has 19 heavy (non-hydrogen) atoms. The summed E-state index contributed by atoms with van der Waals surface area (Å²) in [6.45, 7) is 4.07. The molecule has 1 aromatic rings. The van der Waals surface area contributed by atoms with Gasteiger partial charge < -0.3 is 10.1 Å². The zero-order chi connectivity index (χ0) is 14.3. The van der Waals surface area contributed by atoms with E-state index >= 15 is 0 Å². The van der Waals surface area contributed by atoms with E-state index < -0.39 is 0 Å². The highest BCUT2D eigenvalue weighted by molar-refractivity contribution is 5.81. The van der Waals surface area contributed by atoms with Crippen LogP contribution in [-0.2, 0) is 4.79 Å². The number of carbonyl (C=O) groups is 1. The van der Waals surface area contributed by atoms with Crippen LogP contribution in [-0.4, -0.2) is 25.6 Å². The molecule has 2 N–H and O–H groups in total. The molecule has 0 aliphatic heterocycles. The van der Waals surface area contributed by atoms with Crippen LogP contribution in [0.15, 0.2) is 24.3 Å². The maximum atomic E-state index is 11.7. The van der Waals surface area contributed by atoms with Crippen molar-refractivity contribution in [1.29, 1.82) is 0 Å². The number of rotatable bonds is 6. The lowest BCUT2D eigenvalue weighted by Crippen LogP contribution is -2.43. The lowest BCUT2D eigenvalue weighted by molar-refractivity contribution is -0.122. The summed E-state index contributed by atoms with van der Waals surface area (Å²) >= 11 is 0. The van der Waals surface area contributed by atoms with Crippen LogP contribution < -0.4 is 15.4 Å². The van der Waals surface area contributed by atoms with E-state index in [0.717, 1.165) is 11.3 Å². The fraction of sp³-hybridized carbons (Fsp3) is 0.400. The fourth-order valence-electron chi connectivity index (χ4n) is 1.73. The maximum absolute atomic E-state index is 11.7. The third-order valence-corrected chi connectivity index (χ3v) is 2.87. The lowest BCUT2D eigenvalue weighted by Gasteiger charge is -2.19. The number of methoxy groups -OCH3 is 1. The second-order valence-electron chi connectivity index (χ2n) is 4.31. The standard InChI is InChI=1S/C15H20N2O2/c1-5-10-16-15(18)12(3)17-11(2)13-6-8-14(19-4)9-7-13/h1,6-9,11-12,17H,10H2,2-4H3,(H,16,18). The number of hydrogen-bond acceptors (Lipinski definition) is 3. The van der Waals surface area contributed by atoms with Crippen LogP contribution in [0.2, 0.25) is 0 Å². The van der Waals surface area contributed by atoms with Gasteiger partial charge >= 0.3 is 0 Å². The van der Waals surface area contributed by atoms with Crippen molar-refractivity contribution in [2.24, 2.45) is 0 Å². The Morgan fingerprint density at radius 2 is 2.00 bits per heavy atom. The molecule has 0 aliphatic carbocycles. The molecule has 0 heterocycles. The predicted molar refractivity (Wildman–Crippen MR) is 75.8 cm³/mol. The van der Waals surface area contributed by atoms with Crippen LogP contribution in [0.5, 0.6) is 5.75 Å². The molecule has 0 aliphatic rings. The van der Waals surface area contributed by atoms with Crippen LogP contribution in [0.1, 0.15) is 25.5 Å². The summed E-state index contributed by atoms with van der Waals surface area (Å²) < 4.78 is 5.11. The maximum Gasteiger partial charge on any atom is 0.237 e. The van der Waals surface area contributed by atoms with Crippen LogP contribution in [0.4, 0.5) is 0 Å². The zero-order valence-electron chi connectivity index (χ0n) is 11.6. The summed E-state index contributed by atoms with van der Waals surface area (Å²) in [7, 11) is 1.63. The molecule has 1 amide bonds. The predicted octanol–water partition coefficient (Wildman–Crippen LogP) is 1.48. The lowest BCUT2D eigenvalue weighted by atomic mass is 10.1. The number of amides is 1.